The Bertz CT molecular complexity index is 1610. The smallest absolute Gasteiger partial charge is 0.226 e. The molecule has 0 unspecified atom stereocenters. The van der Waals surface area contributed by atoms with Crippen LogP contribution < -0.4 is 5.73 Å². The molecule has 192 valence electrons. The number of benzene rings is 2. The number of thioether (sulfide) groups is 1. The van der Waals surface area contributed by atoms with Gasteiger partial charge in [-0.25, -0.2) is 18.7 Å². The summed E-state index contributed by atoms with van der Waals surface area (Å²) in [5.74, 6) is -0.285. The molecule has 2 aromatic carbocycles. The minimum absolute atomic E-state index is 0.0168. The van der Waals surface area contributed by atoms with Crippen molar-refractivity contribution < 1.29 is 18.3 Å². The van der Waals surface area contributed by atoms with Gasteiger partial charge in [0.05, 0.1) is 16.3 Å². The number of hydrogen-bond acceptors (Lipinski definition) is 8. The molecular formula is C27H20ClF2N5O2S. The lowest BCUT2D eigenvalue weighted by atomic mass is 9.95. The molecule has 0 aliphatic heterocycles. The molecular weight excluding hydrogens is 532 g/mol. The fraction of sp³-hybridized carbons (Fsp3) is 0.185. The molecule has 7 nitrogen and oxygen atoms in total. The maximum atomic E-state index is 14.8. The fourth-order valence-electron chi connectivity index (χ4n) is 3.82. The predicted octanol–water partition coefficient (Wildman–Crippen LogP) is 6.19. The van der Waals surface area contributed by atoms with E-state index < -0.39 is 11.6 Å². The Kier molecular flexibility index (Phi) is 8.28. The highest BCUT2D eigenvalue weighted by molar-refractivity contribution is 7.98. The quantitative estimate of drug-likeness (QED) is 0.248. The molecule has 0 aliphatic carbocycles. The van der Waals surface area contributed by atoms with Gasteiger partial charge in [-0.3, -0.25) is 0 Å². The van der Waals surface area contributed by atoms with Crippen LogP contribution in [-0.2, 0) is 12.2 Å². The Morgan fingerprint density at radius 1 is 1.05 bits per heavy atom. The van der Waals surface area contributed by atoms with Crippen molar-refractivity contribution in [1.82, 2.24) is 9.97 Å². The summed E-state index contributed by atoms with van der Waals surface area (Å²) in [6.45, 7) is 1.64. The van der Waals surface area contributed by atoms with Gasteiger partial charge in [0.1, 0.15) is 45.9 Å². The zero-order valence-corrected chi connectivity index (χ0v) is 21.6. The fourth-order valence-corrected chi connectivity index (χ4v) is 4.93. The van der Waals surface area contributed by atoms with Crippen LogP contribution in [0.2, 0.25) is 5.02 Å². The van der Waals surface area contributed by atoms with Crippen LogP contribution in [0.25, 0.3) is 22.6 Å². The SMILES string of the molecule is Cc1oc(-c2ccc(Cl)c(F)c2)nc1CSc1nc(N)c(C#N)c(-c2ccc(CCCO)c(F)c2)c1C#N. The van der Waals surface area contributed by atoms with Crippen molar-refractivity contribution in [2.24, 2.45) is 0 Å². The van der Waals surface area contributed by atoms with E-state index in [-0.39, 0.29) is 50.8 Å². The monoisotopic (exact) mass is 551 g/mol. The van der Waals surface area contributed by atoms with E-state index in [4.69, 9.17) is 26.9 Å². The first kappa shape index (κ1) is 27.1. The highest BCUT2D eigenvalue weighted by Crippen LogP contribution is 2.38. The number of nitrogens with zero attached hydrogens (tertiary/aromatic N) is 4. The lowest BCUT2D eigenvalue weighted by molar-refractivity contribution is 0.288. The summed E-state index contributed by atoms with van der Waals surface area (Å²) in [5.41, 5.74) is 7.98. The van der Waals surface area contributed by atoms with E-state index in [9.17, 15) is 19.3 Å². The lowest BCUT2D eigenvalue weighted by Crippen LogP contribution is -2.04. The molecule has 38 heavy (non-hydrogen) atoms. The van der Waals surface area contributed by atoms with Gasteiger partial charge >= 0.3 is 0 Å². The first-order valence-corrected chi connectivity index (χ1v) is 12.7. The summed E-state index contributed by atoms with van der Waals surface area (Å²) >= 11 is 6.91. The van der Waals surface area contributed by atoms with Crippen LogP contribution in [-0.4, -0.2) is 21.7 Å². The summed E-state index contributed by atoms with van der Waals surface area (Å²) in [5, 5.41) is 29.0. The molecule has 2 heterocycles. The van der Waals surface area contributed by atoms with Crippen molar-refractivity contribution in [3.63, 3.8) is 0 Å². The van der Waals surface area contributed by atoms with Gasteiger partial charge in [-0.05, 0) is 55.2 Å². The number of aryl methyl sites for hydroxylation is 2. The van der Waals surface area contributed by atoms with Gasteiger partial charge in [0.2, 0.25) is 5.89 Å². The highest BCUT2D eigenvalue weighted by atomic mass is 35.5. The number of aliphatic hydroxyl groups is 1. The second-order valence-electron chi connectivity index (χ2n) is 8.22. The zero-order chi connectivity index (χ0) is 27.4. The second kappa shape index (κ2) is 11.6. The Morgan fingerprint density at radius 3 is 2.42 bits per heavy atom. The van der Waals surface area contributed by atoms with Crippen LogP contribution in [0.15, 0.2) is 45.8 Å². The van der Waals surface area contributed by atoms with E-state index in [1.54, 1.807) is 25.1 Å². The van der Waals surface area contributed by atoms with Crippen LogP contribution in [0.5, 0.6) is 0 Å². The van der Waals surface area contributed by atoms with Crippen molar-refractivity contribution in [3.8, 4) is 34.7 Å². The molecule has 0 atom stereocenters. The van der Waals surface area contributed by atoms with Gasteiger partial charge < -0.3 is 15.3 Å². The molecule has 4 aromatic rings. The number of aliphatic hydroxyl groups excluding tert-OH is 1. The molecule has 0 amide bonds. The first-order chi connectivity index (χ1) is 18.3. The Balaban J connectivity index is 1.69. The Labute approximate surface area is 226 Å². The van der Waals surface area contributed by atoms with E-state index in [0.29, 0.717) is 41.0 Å². The van der Waals surface area contributed by atoms with Gasteiger partial charge in [0, 0.05) is 23.5 Å². The molecule has 4 rings (SSSR count). The highest BCUT2D eigenvalue weighted by Gasteiger charge is 2.22. The largest absolute Gasteiger partial charge is 0.441 e. The topological polar surface area (TPSA) is 133 Å². The standard InChI is InChI=1S/C27H20ClF2N5O2S/c1-14-23(34-26(37-14)17-6-7-20(28)22(30)10-17)13-38-27-19(12-32)24(18(11-31)25(33)35-27)16-5-4-15(3-2-8-36)21(29)9-16/h4-7,9-10,36H,2-3,8,13H2,1H3,(H2,33,35). The Morgan fingerprint density at radius 2 is 1.76 bits per heavy atom. The Hall–Kier alpha value is -3.96. The number of pyridine rings is 1. The van der Waals surface area contributed by atoms with Gasteiger partial charge in [0.15, 0.2) is 0 Å². The van der Waals surface area contributed by atoms with Crippen molar-refractivity contribution in [2.75, 3.05) is 12.3 Å². The van der Waals surface area contributed by atoms with Crippen molar-refractivity contribution in [3.05, 3.63) is 81.2 Å². The van der Waals surface area contributed by atoms with Gasteiger partial charge in [0.25, 0.3) is 0 Å². The number of aromatic nitrogens is 2. The molecule has 2 aromatic heterocycles. The summed E-state index contributed by atoms with van der Waals surface area (Å²) in [7, 11) is 0. The normalized spacial score (nSPS) is 10.8. The molecule has 0 saturated heterocycles. The lowest BCUT2D eigenvalue weighted by Gasteiger charge is -2.13. The average molecular weight is 552 g/mol. The molecule has 0 bridgehead atoms. The van der Waals surface area contributed by atoms with Crippen LogP contribution in [0.3, 0.4) is 0 Å². The number of nitriles is 2. The van der Waals surface area contributed by atoms with Crippen LogP contribution >= 0.6 is 23.4 Å². The van der Waals surface area contributed by atoms with Gasteiger partial charge in [-0.2, -0.15) is 10.5 Å². The van der Waals surface area contributed by atoms with E-state index in [1.807, 2.05) is 6.07 Å². The maximum Gasteiger partial charge on any atom is 0.226 e. The number of nitrogen functional groups attached to an aromatic ring is 1. The van der Waals surface area contributed by atoms with Crippen molar-refractivity contribution in [2.45, 2.75) is 30.5 Å². The molecule has 0 fully saturated rings. The number of rotatable bonds is 8. The molecule has 0 saturated carbocycles. The minimum atomic E-state index is -0.600. The third-order valence-electron chi connectivity index (χ3n) is 5.77. The predicted molar refractivity (Wildman–Crippen MR) is 140 cm³/mol. The number of nitrogens with two attached hydrogens (primary N) is 1. The molecule has 0 radical (unpaired) electrons. The third kappa shape index (κ3) is 5.48. The molecule has 0 spiro atoms. The second-order valence-corrected chi connectivity index (χ2v) is 9.59. The number of hydrogen-bond donors (Lipinski definition) is 2. The number of halogens is 3. The summed E-state index contributed by atoms with van der Waals surface area (Å²) in [4.78, 5) is 8.71. The van der Waals surface area contributed by atoms with Crippen LogP contribution in [0, 0.1) is 41.2 Å². The van der Waals surface area contributed by atoms with Crippen molar-refractivity contribution >= 4 is 29.2 Å². The average Bonchev–Trinajstić information content (AvgIpc) is 3.28. The summed E-state index contributed by atoms with van der Waals surface area (Å²) < 4.78 is 34.4. The van der Waals surface area contributed by atoms with E-state index in [2.05, 4.69) is 16.0 Å². The first-order valence-electron chi connectivity index (χ1n) is 11.3. The number of oxazole rings is 1. The van der Waals surface area contributed by atoms with E-state index in [1.165, 1.54) is 18.2 Å². The molecule has 0 aliphatic rings. The van der Waals surface area contributed by atoms with E-state index >= 15 is 0 Å². The van der Waals surface area contributed by atoms with E-state index in [0.717, 1.165) is 11.8 Å². The van der Waals surface area contributed by atoms with Crippen molar-refractivity contribution in [1.29, 1.82) is 10.5 Å². The maximum absolute atomic E-state index is 14.8. The zero-order valence-electron chi connectivity index (χ0n) is 20.1. The molecule has 3 N–H and O–H groups in total. The van der Waals surface area contributed by atoms with Gasteiger partial charge in [-0.15, -0.1) is 0 Å². The van der Waals surface area contributed by atoms with Crippen LogP contribution in [0.1, 0.15) is 34.6 Å². The molecule has 11 heteroatoms. The summed E-state index contributed by atoms with van der Waals surface area (Å²) in [6, 6.07) is 12.7. The third-order valence-corrected chi connectivity index (χ3v) is 7.06. The minimum Gasteiger partial charge on any atom is -0.441 e. The number of anilines is 1. The van der Waals surface area contributed by atoms with Gasteiger partial charge in [-0.1, -0.05) is 35.5 Å². The van der Waals surface area contributed by atoms with Crippen LogP contribution in [0.4, 0.5) is 14.6 Å². The summed E-state index contributed by atoms with van der Waals surface area (Å²) in [6.07, 6.45) is 0.752.